The summed E-state index contributed by atoms with van der Waals surface area (Å²) in [6.45, 7) is 2.79. The van der Waals surface area contributed by atoms with Gasteiger partial charge in [-0.15, -0.1) is 0 Å². The summed E-state index contributed by atoms with van der Waals surface area (Å²) in [7, 11) is 1.11. The number of sulfonamides is 1. The van der Waals surface area contributed by atoms with Crippen LogP contribution in [0.2, 0.25) is 0 Å². The maximum absolute atomic E-state index is 14.3. The van der Waals surface area contributed by atoms with Gasteiger partial charge < -0.3 is 29.2 Å². The van der Waals surface area contributed by atoms with Gasteiger partial charge in [0.25, 0.3) is 10.0 Å². The fourth-order valence-corrected chi connectivity index (χ4v) is 5.73. The second kappa shape index (κ2) is 14.6. The van der Waals surface area contributed by atoms with E-state index in [2.05, 4.69) is 5.32 Å². The first-order valence-corrected chi connectivity index (χ1v) is 14.7. The van der Waals surface area contributed by atoms with E-state index in [1.807, 2.05) is 0 Å². The van der Waals surface area contributed by atoms with Crippen LogP contribution in [0.3, 0.4) is 0 Å². The van der Waals surface area contributed by atoms with Crippen LogP contribution < -0.4 is 28.6 Å². The summed E-state index contributed by atoms with van der Waals surface area (Å²) in [6.07, 6.45) is 0. The highest BCUT2D eigenvalue weighted by Gasteiger charge is 2.34. The summed E-state index contributed by atoms with van der Waals surface area (Å²) in [5, 5.41) is 2.69. The molecular formula is C30H36FN3O8S. The van der Waals surface area contributed by atoms with Crippen molar-refractivity contribution >= 4 is 27.5 Å². The summed E-state index contributed by atoms with van der Waals surface area (Å²) in [6, 6.07) is 13.1. The molecule has 0 saturated heterocycles. The molecule has 0 heterocycles. The summed E-state index contributed by atoms with van der Waals surface area (Å²) >= 11 is 0. The van der Waals surface area contributed by atoms with Gasteiger partial charge in [-0.25, -0.2) is 12.8 Å². The highest BCUT2D eigenvalue weighted by atomic mass is 32.2. The third-order valence-electron chi connectivity index (χ3n) is 6.66. The molecule has 43 heavy (non-hydrogen) atoms. The lowest BCUT2D eigenvalue weighted by Gasteiger charge is -2.32. The summed E-state index contributed by atoms with van der Waals surface area (Å²) in [5.74, 6) is -0.660. The standard InChI is InChI=1S/C30H36FN3O8S/c1-7-32-30(36)20(2)33(18-21-8-10-22(31)11-9-21)29(35)19-34(25-16-23(39-3)12-14-26(25)40-4)43(37,38)24-13-15-27(41-5)28(17-24)42-6/h8-17,20H,7,18-19H2,1-6H3,(H,32,36)/t20-/m1/s1. The molecule has 0 aliphatic rings. The number of benzene rings is 3. The topological polar surface area (TPSA) is 124 Å². The molecule has 0 spiro atoms. The third kappa shape index (κ3) is 7.66. The van der Waals surface area contributed by atoms with E-state index in [4.69, 9.17) is 18.9 Å². The molecule has 0 radical (unpaired) electrons. The van der Waals surface area contributed by atoms with Gasteiger partial charge in [0.15, 0.2) is 11.5 Å². The lowest BCUT2D eigenvalue weighted by Crippen LogP contribution is -2.51. The minimum atomic E-state index is -4.47. The van der Waals surface area contributed by atoms with Gasteiger partial charge in [0, 0.05) is 25.2 Å². The summed E-state index contributed by atoms with van der Waals surface area (Å²) < 4.78 is 64.4. The Morgan fingerprint density at radius 1 is 0.860 bits per heavy atom. The zero-order chi connectivity index (χ0) is 31.7. The monoisotopic (exact) mass is 617 g/mol. The average Bonchev–Trinajstić information content (AvgIpc) is 3.02. The molecular weight excluding hydrogens is 581 g/mol. The molecule has 1 atom stereocenters. The molecule has 0 saturated carbocycles. The molecule has 11 nitrogen and oxygen atoms in total. The first-order valence-electron chi connectivity index (χ1n) is 13.3. The molecule has 0 unspecified atom stereocenters. The maximum atomic E-state index is 14.3. The molecule has 0 aliphatic carbocycles. The minimum absolute atomic E-state index is 0.0254. The second-order valence-corrected chi connectivity index (χ2v) is 11.1. The summed E-state index contributed by atoms with van der Waals surface area (Å²) in [4.78, 5) is 28.0. The Morgan fingerprint density at radius 2 is 1.49 bits per heavy atom. The van der Waals surface area contributed by atoms with Gasteiger partial charge in [0.1, 0.15) is 29.9 Å². The van der Waals surface area contributed by atoms with Crippen molar-refractivity contribution in [3.05, 3.63) is 72.0 Å². The van der Waals surface area contributed by atoms with E-state index in [0.29, 0.717) is 23.6 Å². The number of anilines is 1. The van der Waals surface area contributed by atoms with Crippen molar-refractivity contribution in [1.29, 1.82) is 0 Å². The molecule has 0 bridgehead atoms. The number of rotatable bonds is 14. The number of ether oxygens (including phenoxy) is 4. The fourth-order valence-electron chi connectivity index (χ4n) is 4.30. The van der Waals surface area contributed by atoms with E-state index in [0.717, 1.165) is 4.31 Å². The predicted octanol–water partition coefficient (Wildman–Crippen LogP) is 3.61. The third-order valence-corrected chi connectivity index (χ3v) is 8.42. The molecule has 1 N–H and O–H groups in total. The largest absolute Gasteiger partial charge is 0.497 e. The second-order valence-electron chi connectivity index (χ2n) is 9.28. The van der Waals surface area contributed by atoms with Gasteiger partial charge in [-0.2, -0.15) is 0 Å². The maximum Gasteiger partial charge on any atom is 0.265 e. The lowest BCUT2D eigenvalue weighted by atomic mass is 10.1. The number of halogens is 1. The Kier molecular flexibility index (Phi) is 11.2. The molecule has 0 aliphatic heterocycles. The summed E-state index contributed by atoms with van der Waals surface area (Å²) in [5.41, 5.74) is 0.566. The SMILES string of the molecule is CCNC(=O)[C@@H](C)N(Cc1ccc(F)cc1)C(=O)CN(c1cc(OC)ccc1OC)S(=O)(=O)c1ccc(OC)c(OC)c1. The number of nitrogens with one attached hydrogen (secondary N) is 1. The molecule has 3 aromatic carbocycles. The first-order chi connectivity index (χ1) is 20.5. The van der Waals surface area contributed by atoms with E-state index < -0.39 is 40.2 Å². The lowest BCUT2D eigenvalue weighted by molar-refractivity contribution is -0.139. The van der Waals surface area contributed by atoms with Crippen molar-refractivity contribution in [2.45, 2.75) is 31.3 Å². The van der Waals surface area contributed by atoms with Crippen LogP contribution >= 0.6 is 0 Å². The first kappa shape index (κ1) is 33.0. The number of nitrogens with zero attached hydrogens (tertiary/aromatic N) is 2. The fraction of sp³-hybridized carbons (Fsp3) is 0.333. The molecule has 232 valence electrons. The molecule has 3 aromatic rings. The van der Waals surface area contributed by atoms with E-state index >= 15 is 0 Å². The van der Waals surface area contributed by atoms with Gasteiger partial charge in [0.2, 0.25) is 11.8 Å². The van der Waals surface area contributed by atoms with Crippen LogP contribution in [0.5, 0.6) is 23.0 Å². The number of hydrogen-bond donors (Lipinski definition) is 1. The van der Waals surface area contributed by atoms with E-state index in [9.17, 15) is 22.4 Å². The number of amides is 2. The smallest absolute Gasteiger partial charge is 0.265 e. The number of carbonyl (C=O) groups is 2. The number of hydrogen-bond acceptors (Lipinski definition) is 8. The van der Waals surface area contributed by atoms with Gasteiger partial charge in [-0.05, 0) is 55.8 Å². The number of carbonyl (C=O) groups excluding carboxylic acids is 2. The van der Waals surface area contributed by atoms with Crippen LogP contribution in [0.1, 0.15) is 19.4 Å². The van der Waals surface area contributed by atoms with Crippen LogP contribution in [0.15, 0.2) is 65.6 Å². The zero-order valence-electron chi connectivity index (χ0n) is 24.9. The molecule has 2 amide bonds. The Morgan fingerprint density at radius 3 is 2.07 bits per heavy atom. The highest BCUT2D eigenvalue weighted by molar-refractivity contribution is 7.92. The zero-order valence-corrected chi connectivity index (χ0v) is 25.7. The Labute approximate surface area is 251 Å². The van der Waals surface area contributed by atoms with E-state index in [1.165, 1.54) is 94.9 Å². The normalized spacial score (nSPS) is 11.7. The van der Waals surface area contributed by atoms with Crippen molar-refractivity contribution in [3.63, 3.8) is 0 Å². The van der Waals surface area contributed by atoms with Crippen molar-refractivity contribution in [1.82, 2.24) is 10.2 Å². The quantitative estimate of drug-likeness (QED) is 0.291. The van der Waals surface area contributed by atoms with Crippen LogP contribution in [0, 0.1) is 5.82 Å². The van der Waals surface area contributed by atoms with Crippen molar-refractivity contribution in [2.24, 2.45) is 0 Å². The van der Waals surface area contributed by atoms with Crippen LogP contribution in [-0.2, 0) is 26.2 Å². The van der Waals surface area contributed by atoms with E-state index in [-0.39, 0.29) is 28.6 Å². The Hall–Kier alpha value is -4.52. The Balaban J connectivity index is 2.17. The van der Waals surface area contributed by atoms with Gasteiger partial charge in [0.05, 0.1) is 39.0 Å². The van der Waals surface area contributed by atoms with E-state index in [1.54, 1.807) is 13.0 Å². The minimum Gasteiger partial charge on any atom is -0.497 e. The van der Waals surface area contributed by atoms with Crippen molar-refractivity contribution in [2.75, 3.05) is 45.8 Å². The Bertz CT molecular complexity index is 1530. The molecule has 13 heteroatoms. The van der Waals surface area contributed by atoms with Crippen LogP contribution in [-0.4, -0.2) is 72.7 Å². The average molecular weight is 618 g/mol. The number of likely N-dealkylation sites (N-methyl/N-ethyl adjacent to an activating group) is 1. The van der Waals surface area contributed by atoms with Crippen LogP contribution in [0.25, 0.3) is 0 Å². The molecule has 0 fully saturated rings. The van der Waals surface area contributed by atoms with Gasteiger partial charge in [-0.3, -0.25) is 13.9 Å². The molecule has 3 rings (SSSR count). The molecule has 0 aromatic heterocycles. The van der Waals surface area contributed by atoms with Gasteiger partial charge >= 0.3 is 0 Å². The number of methoxy groups -OCH3 is 4. The van der Waals surface area contributed by atoms with Crippen molar-refractivity contribution in [3.8, 4) is 23.0 Å². The van der Waals surface area contributed by atoms with Gasteiger partial charge in [-0.1, -0.05) is 12.1 Å². The predicted molar refractivity (Wildman–Crippen MR) is 159 cm³/mol. The van der Waals surface area contributed by atoms with Crippen LogP contribution in [0.4, 0.5) is 10.1 Å². The van der Waals surface area contributed by atoms with Crippen molar-refractivity contribution < 1.29 is 41.3 Å². The highest BCUT2D eigenvalue weighted by Crippen LogP contribution is 2.37.